The van der Waals surface area contributed by atoms with Crippen molar-refractivity contribution in [2.24, 2.45) is 0 Å². The molecule has 1 heterocycles. The lowest BCUT2D eigenvalue weighted by Crippen LogP contribution is -2.51. The van der Waals surface area contributed by atoms with Gasteiger partial charge in [0.25, 0.3) is 0 Å². The fraction of sp³-hybridized carbons (Fsp3) is 0.160. The number of aryl methyl sites for hydroxylation is 1. The summed E-state index contributed by atoms with van der Waals surface area (Å²) in [5.74, 6) is -0.247. The third kappa shape index (κ3) is 4.04. The van der Waals surface area contributed by atoms with Crippen molar-refractivity contribution in [1.82, 2.24) is 4.72 Å². The number of para-hydroxylation sites is 1. The van der Waals surface area contributed by atoms with E-state index in [9.17, 15) is 13.2 Å². The van der Waals surface area contributed by atoms with E-state index in [2.05, 4.69) is 10.0 Å². The Bertz CT molecular complexity index is 1240. The molecule has 31 heavy (non-hydrogen) atoms. The quantitative estimate of drug-likeness (QED) is 0.611. The van der Waals surface area contributed by atoms with Gasteiger partial charge in [-0.3, -0.25) is 4.79 Å². The molecule has 158 valence electrons. The molecular weight excluding hydrogens is 408 g/mol. The number of carbonyl (C=O) groups is 1. The van der Waals surface area contributed by atoms with Gasteiger partial charge in [-0.2, -0.15) is 0 Å². The molecule has 0 aliphatic carbocycles. The summed E-state index contributed by atoms with van der Waals surface area (Å²) in [7, 11) is -3.86. The largest absolute Gasteiger partial charge is 0.325 e. The smallest absolute Gasteiger partial charge is 0.241 e. The molecule has 0 fully saturated rings. The molecular formula is C25H24N2O3S. The van der Waals surface area contributed by atoms with Crippen molar-refractivity contribution in [3.05, 3.63) is 102 Å². The molecule has 3 aromatic carbocycles. The molecule has 6 heteroatoms. The van der Waals surface area contributed by atoms with Crippen molar-refractivity contribution in [1.29, 1.82) is 0 Å². The van der Waals surface area contributed by atoms with Crippen LogP contribution in [0, 0.1) is 6.92 Å². The summed E-state index contributed by atoms with van der Waals surface area (Å²) in [4.78, 5) is 13.3. The van der Waals surface area contributed by atoms with Crippen LogP contribution < -0.4 is 10.0 Å². The number of hydrogen-bond donors (Lipinski definition) is 2. The highest BCUT2D eigenvalue weighted by Crippen LogP contribution is 2.41. The van der Waals surface area contributed by atoms with E-state index in [1.54, 1.807) is 37.3 Å². The van der Waals surface area contributed by atoms with E-state index >= 15 is 0 Å². The fourth-order valence-electron chi connectivity index (χ4n) is 3.80. The fourth-order valence-corrected chi connectivity index (χ4v) is 5.08. The molecule has 0 saturated carbocycles. The van der Waals surface area contributed by atoms with E-state index in [4.69, 9.17) is 0 Å². The van der Waals surface area contributed by atoms with Gasteiger partial charge in [-0.05, 0) is 43.2 Å². The third-order valence-electron chi connectivity index (χ3n) is 5.72. The molecule has 0 bridgehead atoms. The van der Waals surface area contributed by atoms with Gasteiger partial charge in [0.1, 0.15) is 0 Å². The van der Waals surface area contributed by atoms with Gasteiger partial charge < -0.3 is 5.32 Å². The molecule has 0 spiro atoms. The van der Waals surface area contributed by atoms with Crippen LogP contribution in [0.15, 0.2) is 89.8 Å². The Morgan fingerprint density at radius 3 is 2.29 bits per heavy atom. The molecule has 2 atom stereocenters. The predicted octanol–water partition coefficient (Wildman–Crippen LogP) is 4.27. The Morgan fingerprint density at radius 2 is 1.58 bits per heavy atom. The van der Waals surface area contributed by atoms with Crippen molar-refractivity contribution >= 4 is 27.7 Å². The first-order valence-corrected chi connectivity index (χ1v) is 11.5. The van der Waals surface area contributed by atoms with E-state index < -0.39 is 21.5 Å². The molecule has 1 amide bonds. The van der Waals surface area contributed by atoms with Crippen LogP contribution in [0.4, 0.5) is 5.69 Å². The third-order valence-corrected chi connectivity index (χ3v) is 7.18. The van der Waals surface area contributed by atoms with Gasteiger partial charge in [-0.15, -0.1) is 0 Å². The second-order valence-electron chi connectivity index (χ2n) is 7.88. The Balaban J connectivity index is 1.78. The number of rotatable bonds is 6. The predicted molar refractivity (Wildman–Crippen MR) is 123 cm³/mol. The Hall–Kier alpha value is -3.22. The number of anilines is 1. The first kappa shape index (κ1) is 21.0. The summed E-state index contributed by atoms with van der Waals surface area (Å²) in [5, 5.41) is 2.89. The van der Waals surface area contributed by atoms with Crippen LogP contribution in [-0.4, -0.2) is 20.4 Å². The van der Waals surface area contributed by atoms with E-state index in [-0.39, 0.29) is 10.8 Å². The molecule has 0 unspecified atom stereocenters. The number of fused-ring (bicyclic) bond motifs is 1. The van der Waals surface area contributed by atoms with Gasteiger partial charge in [0.2, 0.25) is 15.9 Å². The number of nitrogens with one attached hydrogen (secondary N) is 2. The zero-order valence-electron chi connectivity index (χ0n) is 17.4. The summed E-state index contributed by atoms with van der Waals surface area (Å²) in [6, 6.07) is 22.8. The first-order valence-electron chi connectivity index (χ1n) is 10.0. The van der Waals surface area contributed by atoms with Crippen LogP contribution in [0.5, 0.6) is 0 Å². The first-order chi connectivity index (χ1) is 14.8. The summed E-state index contributed by atoms with van der Waals surface area (Å²) in [5.41, 5.74) is 2.23. The molecule has 3 aromatic rings. The summed E-state index contributed by atoms with van der Waals surface area (Å²) in [6.45, 7) is 3.67. The zero-order chi connectivity index (χ0) is 22.1. The van der Waals surface area contributed by atoms with Gasteiger partial charge >= 0.3 is 0 Å². The molecule has 5 nitrogen and oxygen atoms in total. The van der Waals surface area contributed by atoms with Gasteiger partial charge in [0, 0.05) is 5.69 Å². The van der Waals surface area contributed by atoms with Gasteiger partial charge in [-0.1, -0.05) is 78.4 Å². The highest BCUT2D eigenvalue weighted by molar-refractivity contribution is 7.89. The SMILES string of the molecule is Cc1ccc(S(=O)(=O)N[C@@H](/C=C/c2ccccc2)[C@@]2(C)C(=O)Nc3ccccc32)cc1. The second-order valence-corrected chi connectivity index (χ2v) is 9.60. The maximum absolute atomic E-state index is 13.2. The van der Waals surface area contributed by atoms with E-state index in [0.717, 1.165) is 16.7 Å². The van der Waals surface area contributed by atoms with Crippen LogP contribution in [0.3, 0.4) is 0 Å². The Labute approximate surface area is 182 Å². The maximum Gasteiger partial charge on any atom is 0.241 e. The Morgan fingerprint density at radius 1 is 0.935 bits per heavy atom. The number of sulfonamides is 1. The van der Waals surface area contributed by atoms with Crippen molar-refractivity contribution in [2.75, 3.05) is 5.32 Å². The monoisotopic (exact) mass is 432 g/mol. The molecule has 1 aliphatic rings. The lowest BCUT2D eigenvalue weighted by Gasteiger charge is -2.31. The maximum atomic E-state index is 13.2. The average molecular weight is 433 g/mol. The molecule has 0 radical (unpaired) electrons. The van der Waals surface area contributed by atoms with Crippen LogP contribution in [0.25, 0.3) is 6.08 Å². The molecule has 2 N–H and O–H groups in total. The van der Waals surface area contributed by atoms with E-state index in [1.807, 2.05) is 67.6 Å². The van der Waals surface area contributed by atoms with Gasteiger partial charge in [0.15, 0.2) is 0 Å². The minimum atomic E-state index is -3.86. The lowest BCUT2D eigenvalue weighted by molar-refractivity contribution is -0.120. The van der Waals surface area contributed by atoms with Crippen molar-refractivity contribution in [3.63, 3.8) is 0 Å². The number of carbonyl (C=O) groups excluding carboxylic acids is 1. The van der Waals surface area contributed by atoms with Crippen molar-refractivity contribution in [2.45, 2.75) is 30.2 Å². The van der Waals surface area contributed by atoms with Crippen molar-refractivity contribution < 1.29 is 13.2 Å². The standard InChI is InChI=1S/C25H24N2O3S/c1-18-12-15-20(16-13-18)31(29,30)27-23(17-14-19-8-4-3-5-9-19)25(2)21-10-6-7-11-22(21)26-24(25)28/h3-17,23,27H,1-2H3,(H,26,28)/b17-14+/t23-,25-/m0/s1. The zero-order valence-corrected chi connectivity index (χ0v) is 18.2. The minimum absolute atomic E-state index is 0.159. The highest BCUT2D eigenvalue weighted by Gasteiger charge is 2.49. The lowest BCUT2D eigenvalue weighted by atomic mass is 9.77. The normalized spacial score (nSPS) is 19.2. The van der Waals surface area contributed by atoms with E-state index in [1.165, 1.54) is 0 Å². The van der Waals surface area contributed by atoms with Gasteiger partial charge in [0.05, 0.1) is 16.4 Å². The number of amides is 1. The molecule has 1 aliphatic heterocycles. The minimum Gasteiger partial charge on any atom is -0.325 e. The van der Waals surface area contributed by atoms with E-state index in [0.29, 0.717) is 5.69 Å². The summed E-state index contributed by atoms with van der Waals surface area (Å²) in [6.07, 6.45) is 3.59. The average Bonchev–Trinajstić information content (AvgIpc) is 3.03. The molecule has 0 saturated heterocycles. The number of benzene rings is 3. The van der Waals surface area contributed by atoms with Crippen LogP contribution >= 0.6 is 0 Å². The van der Waals surface area contributed by atoms with Crippen molar-refractivity contribution in [3.8, 4) is 0 Å². The van der Waals surface area contributed by atoms with Gasteiger partial charge in [-0.25, -0.2) is 13.1 Å². The second kappa shape index (κ2) is 8.13. The van der Waals surface area contributed by atoms with Crippen LogP contribution in [-0.2, 0) is 20.2 Å². The topological polar surface area (TPSA) is 75.3 Å². The van der Waals surface area contributed by atoms with Crippen LogP contribution in [0.1, 0.15) is 23.6 Å². The molecule has 4 rings (SSSR count). The summed E-state index contributed by atoms with van der Waals surface area (Å²) >= 11 is 0. The summed E-state index contributed by atoms with van der Waals surface area (Å²) < 4.78 is 29.2. The van der Waals surface area contributed by atoms with Crippen LogP contribution in [0.2, 0.25) is 0 Å². The molecule has 0 aromatic heterocycles. The highest BCUT2D eigenvalue weighted by atomic mass is 32.2. The number of hydrogen-bond acceptors (Lipinski definition) is 3. The Kier molecular flexibility index (Phi) is 5.52.